The van der Waals surface area contributed by atoms with Crippen LogP contribution in [-0.4, -0.2) is 22.7 Å². The fourth-order valence-corrected chi connectivity index (χ4v) is 3.77. The summed E-state index contributed by atoms with van der Waals surface area (Å²) in [5, 5.41) is 6.85. The topological polar surface area (TPSA) is 42.0 Å². The summed E-state index contributed by atoms with van der Waals surface area (Å²) in [7, 11) is 0. The number of rotatable bonds is 7. The van der Waals surface area contributed by atoms with Crippen molar-refractivity contribution in [3.63, 3.8) is 0 Å². The van der Waals surface area contributed by atoms with Gasteiger partial charge in [-0.15, -0.1) is 23.1 Å². The lowest BCUT2D eigenvalue weighted by Gasteiger charge is -2.14. The molecular weight excluding hydrogens is 336 g/mol. The molecule has 1 amide bonds. The molecule has 2 aromatic rings. The van der Waals surface area contributed by atoms with Crippen LogP contribution in [0, 0.1) is 6.92 Å². The lowest BCUT2D eigenvalue weighted by molar-refractivity contribution is -0.119. The molecule has 0 radical (unpaired) electrons. The van der Waals surface area contributed by atoms with Crippen molar-refractivity contribution >= 4 is 40.6 Å². The molecule has 1 heterocycles. The third kappa shape index (κ3) is 5.99. The quantitative estimate of drug-likeness (QED) is 0.814. The highest BCUT2D eigenvalue weighted by atomic mass is 35.5. The lowest BCUT2D eigenvalue weighted by atomic mass is 10.1. The number of amides is 1. The minimum atomic E-state index is 0.0616. The molecule has 2 rings (SSSR count). The number of carbonyl (C=O) groups excluding carboxylic acids is 1. The highest BCUT2D eigenvalue weighted by molar-refractivity contribution is 7.99. The van der Waals surface area contributed by atoms with Crippen molar-refractivity contribution in [2.75, 3.05) is 5.75 Å². The Bertz CT molecular complexity index is 630. The molecule has 6 heteroatoms. The zero-order chi connectivity index (χ0) is 15.9. The minimum absolute atomic E-state index is 0.0616. The van der Waals surface area contributed by atoms with Crippen molar-refractivity contribution in [2.45, 2.75) is 32.1 Å². The van der Waals surface area contributed by atoms with Crippen LogP contribution in [0.25, 0.3) is 0 Å². The molecule has 0 aliphatic rings. The summed E-state index contributed by atoms with van der Waals surface area (Å²) < 4.78 is 0. The highest BCUT2D eigenvalue weighted by Gasteiger charge is 2.09. The first-order chi connectivity index (χ1) is 10.5. The average molecular weight is 355 g/mol. The van der Waals surface area contributed by atoms with Crippen LogP contribution in [0.4, 0.5) is 0 Å². The van der Waals surface area contributed by atoms with E-state index in [4.69, 9.17) is 11.6 Å². The molecule has 22 heavy (non-hydrogen) atoms. The standard InChI is InChI=1S/C16H19ClN2OS2/c1-11(6-13-4-3-5-14(17)7-13)18-16(20)10-21-8-15-9-22-12(2)19-15/h3-5,7,9,11H,6,8,10H2,1-2H3,(H,18,20). The maximum Gasteiger partial charge on any atom is 0.230 e. The van der Waals surface area contributed by atoms with Gasteiger partial charge in [0, 0.05) is 22.2 Å². The predicted octanol–water partition coefficient (Wildman–Crippen LogP) is 4.09. The fourth-order valence-electron chi connectivity index (χ4n) is 2.11. The van der Waals surface area contributed by atoms with E-state index < -0.39 is 0 Å². The summed E-state index contributed by atoms with van der Waals surface area (Å²) in [5.41, 5.74) is 2.18. The molecule has 3 nitrogen and oxygen atoms in total. The minimum Gasteiger partial charge on any atom is -0.353 e. The first-order valence-electron chi connectivity index (χ1n) is 7.05. The van der Waals surface area contributed by atoms with E-state index in [9.17, 15) is 4.79 Å². The van der Waals surface area contributed by atoms with Gasteiger partial charge in [-0.1, -0.05) is 23.7 Å². The van der Waals surface area contributed by atoms with Crippen molar-refractivity contribution in [1.29, 1.82) is 0 Å². The van der Waals surface area contributed by atoms with E-state index in [1.54, 1.807) is 23.1 Å². The van der Waals surface area contributed by atoms with Gasteiger partial charge in [-0.05, 0) is 38.0 Å². The number of hydrogen-bond donors (Lipinski definition) is 1. The number of aryl methyl sites for hydroxylation is 1. The van der Waals surface area contributed by atoms with Gasteiger partial charge in [0.05, 0.1) is 16.5 Å². The molecular formula is C16H19ClN2OS2. The maximum absolute atomic E-state index is 11.9. The Morgan fingerprint density at radius 1 is 1.50 bits per heavy atom. The second kappa shape index (κ2) is 8.56. The normalized spacial score (nSPS) is 12.1. The van der Waals surface area contributed by atoms with Crippen LogP contribution in [0.15, 0.2) is 29.6 Å². The van der Waals surface area contributed by atoms with E-state index in [-0.39, 0.29) is 11.9 Å². The molecule has 1 aromatic heterocycles. The molecule has 0 bridgehead atoms. The highest BCUT2D eigenvalue weighted by Crippen LogP contribution is 2.15. The van der Waals surface area contributed by atoms with E-state index in [2.05, 4.69) is 10.3 Å². The van der Waals surface area contributed by atoms with Gasteiger partial charge in [0.1, 0.15) is 0 Å². The number of thiazole rings is 1. The van der Waals surface area contributed by atoms with Gasteiger partial charge in [0.2, 0.25) is 5.91 Å². The molecule has 118 valence electrons. The average Bonchev–Trinajstić information content (AvgIpc) is 2.84. The zero-order valence-corrected chi connectivity index (χ0v) is 15.0. The Morgan fingerprint density at radius 2 is 2.32 bits per heavy atom. The van der Waals surface area contributed by atoms with Crippen LogP contribution in [0.3, 0.4) is 0 Å². The van der Waals surface area contributed by atoms with Gasteiger partial charge in [-0.2, -0.15) is 0 Å². The van der Waals surface area contributed by atoms with Crippen LogP contribution >= 0.6 is 34.7 Å². The largest absolute Gasteiger partial charge is 0.353 e. The summed E-state index contributed by atoms with van der Waals surface area (Å²) in [6.45, 7) is 4.00. The van der Waals surface area contributed by atoms with Crippen molar-refractivity contribution in [3.8, 4) is 0 Å². The summed E-state index contributed by atoms with van der Waals surface area (Å²) in [6.07, 6.45) is 0.780. The lowest BCUT2D eigenvalue weighted by Crippen LogP contribution is -2.35. The number of nitrogens with zero attached hydrogens (tertiary/aromatic N) is 1. The van der Waals surface area contributed by atoms with Gasteiger partial charge < -0.3 is 5.32 Å². The third-order valence-corrected chi connectivity index (χ3v) is 5.01. The fraction of sp³-hybridized carbons (Fsp3) is 0.375. The van der Waals surface area contributed by atoms with Crippen LogP contribution in [0.5, 0.6) is 0 Å². The molecule has 0 saturated heterocycles. The molecule has 0 saturated carbocycles. The number of aromatic nitrogens is 1. The van der Waals surface area contributed by atoms with E-state index in [0.717, 1.165) is 33.5 Å². The van der Waals surface area contributed by atoms with E-state index >= 15 is 0 Å². The predicted molar refractivity (Wildman–Crippen MR) is 95.8 cm³/mol. The number of thioether (sulfide) groups is 1. The van der Waals surface area contributed by atoms with Crippen molar-refractivity contribution in [1.82, 2.24) is 10.3 Å². The Morgan fingerprint density at radius 3 is 3.00 bits per heavy atom. The van der Waals surface area contributed by atoms with E-state index in [1.807, 2.05) is 43.5 Å². The Labute approximate surface area is 144 Å². The monoisotopic (exact) mass is 354 g/mol. The number of halogens is 1. The zero-order valence-electron chi connectivity index (χ0n) is 12.6. The molecule has 1 aromatic carbocycles. The Kier molecular flexibility index (Phi) is 6.73. The van der Waals surface area contributed by atoms with Crippen LogP contribution in [-0.2, 0) is 17.0 Å². The molecule has 1 atom stereocenters. The van der Waals surface area contributed by atoms with Crippen molar-refractivity contribution in [2.24, 2.45) is 0 Å². The summed E-state index contributed by atoms with van der Waals surface area (Å²) >= 11 is 9.20. The van der Waals surface area contributed by atoms with Crippen LogP contribution < -0.4 is 5.32 Å². The third-order valence-electron chi connectivity index (χ3n) is 2.99. The van der Waals surface area contributed by atoms with Crippen LogP contribution in [0.2, 0.25) is 5.02 Å². The second-order valence-electron chi connectivity index (χ2n) is 5.15. The smallest absolute Gasteiger partial charge is 0.230 e. The summed E-state index contributed by atoms with van der Waals surface area (Å²) in [5.74, 6) is 1.29. The first kappa shape index (κ1) is 17.3. The van der Waals surface area contributed by atoms with Crippen molar-refractivity contribution < 1.29 is 4.79 Å². The van der Waals surface area contributed by atoms with Crippen LogP contribution in [0.1, 0.15) is 23.2 Å². The Balaban J connectivity index is 1.69. The first-order valence-corrected chi connectivity index (χ1v) is 9.46. The SMILES string of the molecule is Cc1nc(CSCC(=O)NC(C)Cc2cccc(Cl)c2)cs1. The molecule has 1 N–H and O–H groups in total. The van der Waals surface area contributed by atoms with Gasteiger partial charge in [-0.25, -0.2) is 4.98 Å². The van der Waals surface area contributed by atoms with Gasteiger partial charge in [0.25, 0.3) is 0 Å². The van der Waals surface area contributed by atoms with Crippen molar-refractivity contribution in [3.05, 3.63) is 50.9 Å². The molecule has 1 unspecified atom stereocenters. The number of benzene rings is 1. The molecule has 0 aliphatic heterocycles. The molecule has 0 fully saturated rings. The van der Waals surface area contributed by atoms with E-state index in [1.165, 1.54) is 0 Å². The molecule has 0 aliphatic carbocycles. The summed E-state index contributed by atoms with van der Waals surface area (Å²) in [4.78, 5) is 16.3. The van der Waals surface area contributed by atoms with E-state index in [0.29, 0.717) is 5.75 Å². The summed E-state index contributed by atoms with van der Waals surface area (Å²) in [6, 6.07) is 7.83. The van der Waals surface area contributed by atoms with Gasteiger partial charge in [-0.3, -0.25) is 4.79 Å². The van der Waals surface area contributed by atoms with Gasteiger partial charge >= 0.3 is 0 Å². The number of carbonyl (C=O) groups is 1. The second-order valence-corrected chi connectivity index (χ2v) is 7.64. The van der Waals surface area contributed by atoms with Gasteiger partial charge in [0.15, 0.2) is 0 Å². The Hall–Kier alpha value is -1.04. The molecule has 0 spiro atoms. The number of hydrogen-bond acceptors (Lipinski definition) is 4. The maximum atomic E-state index is 11.9. The number of nitrogens with one attached hydrogen (secondary N) is 1.